The van der Waals surface area contributed by atoms with Crippen molar-refractivity contribution in [1.82, 2.24) is 10.6 Å². The standard InChI is InChI=1S/C11H24N2O2/c1-9-3-4-13-10(7-9)11(14)8-12-5-6-15-2/h9-14H,3-8H2,1-2H3. The summed E-state index contributed by atoms with van der Waals surface area (Å²) in [6.45, 7) is 5.42. The fraction of sp³-hybridized carbons (Fsp3) is 1.00. The van der Waals surface area contributed by atoms with Crippen LogP contribution in [0.1, 0.15) is 19.8 Å². The van der Waals surface area contributed by atoms with Crippen LogP contribution >= 0.6 is 0 Å². The van der Waals surface area contributed by atoms with E-state index in [0.29, 0.717) is 13.2 Å². The Morgan fingerprint density at radius 3 is 3.07 bits per heavy atom. The Morgan fingerprint density at radius 2 is 2.40 bits per heavy atom. The largest absolute Gasteiger partial charge is 0.390 e. The zero-order valence-electron chi connectivity index (χ0n) is 9.83. The maximum absolute atomic E-state index is 9.93. The van der Waals surface area contributed by atoms with E-state index in [1.165, 1.54) is 6.42 Å². The van der Waals surface area contributed by atoms with Gasteiger partial charge in [0, 0.05) is 26.2 Å². The summed E-state index contributed by atoms with van der Waals surface area (Å²) in [6.07, 6.45) is 2.01. The number of piperidine rings is 1. The van der Waals surface area contributed by atoms with Crippen LogP contribution in [0.3, 0.4) is 0 Å². The fourth-order valence-corrected chi connectivity index (χ4v) is 2.01. The van der Waals surface area contributed by atoms with E-state index in [-0.39, 0.29) is 12.1 Å². The Bertz CT molecular complexity index is 167. The van der Waals surface area contributed by atoms with Crippen LogP contribution in [-0.4, -0.2) is 50.6 Å². The lowest BCUT2D eigenvalue weighted by Gasteiger charge is -2.31. The molecule has 4 heteroatoms. The Kier molecular flexibility index (Phi) is 6.17. The molecule has 3 atom stereocenters. The summed E-state index contributed by atoms with van der Waals surface area (Å²) in [5.74, 6) is 0.727. The van der Waals surface area contributed by atoms with Crippen LogP contribution in [-0.2, 0) is 4.74 Å². The molecule has 0 saturated carbocycles. The molecule has 90 valence electrons. The first-order chi connectivity index (χ1) is 7.24. The Balaban J connectivity index is 2.12. The normalized spacial score (nSPS) is 29.0. The minimum atomic E-state index is -0.287. The molecule has 0 aromatic carbocycles. The molecule has 0 amide bonds. The first-order valence-electron chi connectivity index (χ1n) is 5.85. The Morgan fingerprint density at radius 1 is 1.60 bits per heavy atom. The van der Waals surface area contributed by atoms with Gasteiger partial charge in [-0.25, -0.2) is 0 Å². The van der Waals surface area contributed by atoms with Crippen molar-refractivity contribution in [2.75, 3.05) is 33.4 Å². The van der Waals surface area contributed by atoms with E-state index in [0.717, 1.165) is 25.4 Å². The van der Waals surface area contributed by atoms with Crippen LogP contribution in [0.4, 0.5) is 0 Å². The second kappa shape index (κ2) is 7.17. The molecular weight excluding hydrogens is 192 g/mol. The van der Waals surface area contributed by atoms with Gasteiger partial charge in [-0.15, -0.1) is 0 Å². The third kappa shape index (κ3) is 4.93. The van der Waals surface area contributed by atoms with Crippen LogP contribution in [0.25, 0.3) is 0 Å². The van der Waals surface area contributed by atoms with Gasteiger partial charge in [0.25, 0.3) is 0 Å². The second-order valence-electron chi connectivity index (χ2n) is 4.45. The van der Waals surface area contributed by atoms with Crippen molar-refractivity contribution in [2.45, 2.75) is 31.9 Å². The molecule has 4 nitrogen and oxygen atoms in total. The fourth-order valence-electron chi connectivity index (χ4n) is 2.01. The highest BCUT2D eigenvalue weighted by atomic mass is 16.5. The molecule has 1 saturated heterocycles. The number of nitrogens with one attached hydrogen (secondary N) is 2. The van der Waals surface area contributed by atoms with Crippen molar-refractivity contribution >= 4 is 0 Å². The SMILES string of the molecule is COCCNCC(O)C1CC(C)CCN1. The Hall–Kier alpha value is -0.160. The maximum atomic E-state index is 9.93. The minimum absolute atomic E-state index is 0.254. The third-order valence-corrected chi connectivity index (χ3v) is 3.00. The molecule has 0 aliphatic carbocycles. The van der Waals surface area contributed by atoms with Crippen LogP contribution < -0.4 is 10.6 Å². The van der Waals surface area contributed by atoms with Gasteiger partial charge in [0.2, 0.25) is 0 Å². The number of hydrogen-bond donors (Lipinski definition) is 3. The topological polar surface area (TPSA) is 53.5 Å². The summed E-state index contributed by atoms with van der Waals surface area (Å²) in [4.78, 5) is 0. The van der Waals surface area contributed by atoms with E-state index in [2.05, 4.69) is 17.6 Å². The molecule has 0 aromatic rings. The molecule has 0 aromatic heterocycles. The highest BCUT2D eigenvalue weighted by molar-refractivity contribution is 4.83. The first-order valence-corrected chi connectivity index (χ1v) is 5.85. The summed E-state index contributed by atoms with van der Waals surface area (Å²) >= 11 is 0. The molecule has 1 aliphatic heterocycles. The molecule has 3 N–H and O–H groups in total. The van der Waals surface area contributed by atoms with Gasteiger partial charge >= 0.3 is 0 Å². The molecule has 15 heavy (non-hydrogen) atoms. The number of rotatable bonds is 6. The number of ether oxygens (including phenoxy) is 1. The highest BCUT2D eigenvalue weighted by Gasteiger charge is 2.24. The number of hydrogen-bond acceptors (Lipinski definition) is 4. The van der Waals surface area contributed by atoms with Crippen LogP contribution in [0, 0.1) is 5.92 Å². The summed E-state index contributed by atoms with van der Waals surface area (Å²) in [7, 11) is 1.68. The average molecular weight is 216 g/mol. The van der Waals surface area contributed by atoms with Crippen molar-refractivity contribution in [3.8, 4) is 0 Å². The molecule has 1 heterocycles. The van der Waals surface area contributed by atoms with Crippen LogP contribution in [0.5, 0.6) is 0 Å². The van der Waals surface area contributed by atoms with E-state index in [4.69, 9.17) is 4.74 Å². The summed E-state index contributed by atoms with van der Waals surface area (Å²) in [5.41, 5.74) is 0. The lowest BCUT2D eigenvalue weighted by Crippen LogP contribution is -2.49. The predicted octanol–water partition coefficient (Wildman–Crippen LogP) is -0.0286. The van der Waals surface area contributed by atoms with Crippen molar-refractivity contribution in [2.24, 2.45) is 5.92 Å². The second-order valence-corrected chi connectivity index (χ2v) is 4.45. The summed E-state index contributed by atoms with van der Waals surface area (Å²) in [5, 5.41) is 16.5. The van der Waals surface area contributed by atoms with Crippen molar-refractivity contribution in [3.05, 3.63) is 0 Å². The maximum Gasteiger partial charge on any atom is 0.0817 e. The number of aliphatic hydroxyl groups excluding tert-OH is 1. The third-order valence-electron chi connectivity index (χ3n) is 3.00. The smallest absolute Gasteiger partial charge is 0.0817 e. The van der Waals surface area contributed by atoms with Gasteiger partial charge in [-0.3, -0.25) is 0 Å². The van der Waals surface area contributed by atoms with Gasteiger partial charge in [-0.2, -0.15) is 0 Å². The van der Waals surface area contributed by atoms with Crippen LogP contribution in [0.15, 0.2) is 0 Å². The monoisotopic (exact) mass is 216 g/mol. The molecule has 0 spiro atoms. The van der Waals surface area contributed by atoms with Gasteiger partial charge < -0.3 is 20.5 Å². The molecule has 1 aliphatic rings. The zero-order valence-corrected chi connectivity index (χ0v) is 9.83. The lowest BCUT2D eigenvalue weighted by molar-refractivity contribution is 0.0972. The van der Waals surface area contributed by atoms with Crippen molar-refractivity contribution < 1.29 is 9.84 Å². The van der Waals surface area contributed by atoms with Gasteiger partial charge in [0.15, 0.2) is 0 Å². The van der Waals surface area contributed by atoms with E-state index >= 15 is 0 Å². The molecular formula is C11H24N2O2. The predicted molar refractivity (Wildman–Crippen MR) is 60.9 cm³/mol. The van der Waals surface area contributed by atoms with Gasteiger partial charge in [0.1, 0.15) is 0 Å². The molecule has 0 radical (unpaired) electrons. The number of aliphatic hydroxyl groups is 1. The van der Waals surface area contributed by atoms with E-state index in [1.807, 2.05) is 0 Å². The molecule has 1 fully saturated rings. The summed E-state index contributed by atoms with van der Waals surface area (Å²) in [6, 6.07) is 0.254. The molecule has 3 unspecified atom stereocenters. The molecule has 0 bridgehead atoms. The Labute approximate surface area is 92.4 Å². The average Bonchev–Trinajstić information content (AvgIpc) is 2.24. The first kappa shape index (κ1) is 12.9. The zero-order chi connectivity index (χ0) is 11.1. The van der Waals surface area contributed by atoms with Gasteiger partial charge in [0.05, 0.1) is 12.7 Å². The van der Waals surface area contributed by atoms with Gasteiger partial charge in [-0.05, 0) is 25.3 Å². The molecule has 1 rings (SSSR count). The van der Waals surface area contributed by atoms with E-state index in [1.54, 1.807) is 7.11 Å². The van der Waals surface area contributed by atoms with E-state index in [9.17, 15) is 5.11 Å². The van der Waals surface area contributed by atoms with Gasteiger partial charge in [-0.1, -0.05) is 6.92 Å². The van der Waals surface area contributed by atoms with Crippen molar-refractivity contribution in [3.63, 3.8) is 0 Å². The lowest BCUT2D eigenvalue weighted by atomic mass is 9.91. The minimum Gasteiger partial charge on any atom is -0.390 e. The highest BCUT2D eigenvalue weighted by Crippen LogP contribution is 2.16. The van der Waals surface area contributed by atoms with E-state index < -0.39 is 0 Å². The van der Waals surface area contributed by atoms with Crippen LogP contribution in [0.2, 0.25) is 0 Å². The summed E-state index contributed by atoms with van der Waals surface area (Å²) < 4.78 is 4.93. The van der Waals surface area contributed by atoms with Crippen molar-refractivity contribution in [1.29, 1.82) is 0 Å². The number of methoxy groups -OCH3 is 1. The quantitative estimate of drug-likeness (QED) is 0.546.